The van der Waals surface area contributed by atoms with Crippen molar-refractivity contribution >= 4 is 23.4 Å². The molecule has 0 bridgehead atoms. The van der Waals surface area contributed by atoms with Crippen molar-refractivity contribution in [2.45, 2.75) is 19.3 Å². The van der Waals surface area contributed by atoms with E-state index in [0.29, 0.717) is 47.5 Å². The Morgan fingerprint density at radius 3 is 2.28 bits per heavy atom. The van der Waals surface area contributed by atoms with Crippen LogP contribution in [0.3, 0.4) is 0 Å². The Bertz CT molecular complexity index is 956. The van der Waals surface area contributed by atoms with Gasteiger partial charge in [0.15, 0.2) is 11.5 Å². The summed E-state index contributed by atoms with van der Waals surface area (Å²) in [5.74, 6) is 0.547. The zero-order valence-corrected chi connectivity index (χ0v) is 19.6. The maximum absolute atomic E-state index is 13.2. The fourth-order valence-electron chi connectivity index (χ4n) is 4.07. The molecule has 0 spiro atoms. The van der Waals surface area contributed by atoms with Crippen molar-refractivity contribution in [1.29, 1.82) is 0 Å². The summed E-state index contributed by atoms with van der Waals surface area (Å²) in [7, 11) is 4.64. The lowest BCUT2D eigenvalue weighted by Crippen LogP contribution is -2.36. The van der Waals surface area contributed by atoms with E-state index in [4.69, 9.17) is 25.8 Å². The number of hydrogen-bond acceptors (Lipinski definition) is 5. The van der Waals surface area contributed by atoms with Crippen LogP contribution in [0.1, 0.15) is 35.2 Å². The van der Waals surface area contributed by atoms with Crippen LogP contribution in [-0.4, -0.2) is 57.7 Å². The lowest BCUT2D eigenvalue weighted by Gasteiger charge is -2.21. The number of carbonyl (C=O) groups excluding carboxylic acids is 2. The van der Waals surface area contributed by atoms with Crippen molar-refractivity contribution in [3.8, 4) is 17.2 Å². The molecule has 0 radical (unpaired) electrons. The molecule has 8 heteroatoms. The molecule has 1 saturated heterocycles. The molecule has 2 amide bonds. The van der Waals surface area contributed by atoms with Gasteiger partial charge < -0.3 is 24.4 Å². The summed E-state index contributed by atoms with van der Waals surface area (Å²) >= 11 is 6.26. The minimum absolute atomic E-state index is 0.0833. The van der Waals surface area contributed by atoms with E-state index in [1.807, 2.05) is 19.1 Å². The Kier molecular flexibility index (Phi) is 7.85. The first-order valence-electron chi connectivity index (χ1n) is 10.6. The fraction of sp³-hybridized carbons (Fsp3) is 0.417. The highest BCUT2D eigenvalue weighted by Crippen LogP contribution is 2.43. The molecule has 2 aromatic carbocycles. The number of ether oxygens (including phenoxy) is 3. The first kappa shape index (κ1) is 23.7. The minimum atomic E-state index is -0.421. The standard InChI is InChI=1S/C24H29ClN2O5/c1-5-10-26-23(28)18-14-27(24(29)16-8-6-7-9-19(16)25)13-17(18)15-11-20(30-2)22(32-4)21(12-15)31-3/h6-9,11-12,17-18H,5,10,13-14H2,1-4H3,(H,26,28)/t17-,18-/m1/s1. The van der Waals surface area contributed by atoms with Crippen LogP contribution in [0.15, 0.2) is 36.4 Å². The number of carbonyl (C=O) groups is 2. The molecule has 172 valence electrons. The van der Waals surface area contributed by atoms with E-state index in [9.17, 15) is 9.59 Å². The molecule has 2 aromatic rings. The Morgan fingerprint density at radius 1 is 1.06 bits per heavy atom. The van der Waals surface area contributed by atoms with Crippen molar-refractivity contribution in [3.63, 3.8) is 0 Å². The normalized spacial score (nSPS) is 17.7. The van der Waals surface area contributed by atoms with Gasteiger partial charge >= 0.3 is 0 Å². The molecule has 1 fully saturated rings. The Balaban J connectivity index is 1.99. The molecule has 1 aliphatic rings. The van der Waals surface area contributed by atoms with Gasteiger partial charge in [-0.1, -0.05) is 30.7 Å². The van der Waals surface area contributed by atoms with Crippen molar-refractivity contribution in [3.05, 3.63) is 52.5 Å². The third-order valence-corrected chi connectivity index (χ3v) is 6.04. The van der Waals surface area contributed by atoms with Crippen LogP contribution in [0.5, 0.6) is 17.2 Å². The predicted molar refractivity (Wildman–Crippen MR) is 123 cm³/mol. The molecule has 1 heterocycles. The second-order valence-corrected chi connectivity index (χ2v) is 8.06. The maximum atomic E-state index is 13.2. The summed E-state index contributed by atoms with van der Waals surface area (Å²) in [6, 6.07) is 10.6. The molecule has 32 heavy (non-hydrogen) atoms. The summed E-state index contributed by atoms with van der Waals surface area (Å²) < 4.78 is 16.4. The zero-order valence-electron chi connectivity index (χ0n) is 18.8. The number of likely N-dealkylation sites (tertiary alicyclic amines) is 1. The molecule has 2 atom stereocenters. The first-order chi connectivity index (χ1) is 15.4. The van der Waals surface area contributed by atoms with Gasteiger partial charge in [-0.3, -0.25) is 9.59 Å². The average Bonchev–Trinajstić information content (AvgIpc) is 3.27. The smallest absolute Gasteiger partial charge is 0.255 e. The summed E-state index contributed by atoms with van der Waals surface area (Å²) in [5.41, 5.74) is 1.26. The van der Waals surface area contributed by atoms with Gasteiger partial charge in [0.05, 0.1) is 37.8 Å². The monoisotopic (exact) mass is 460 g/mol. The van der Waals surface area contributed by atoms with Gasteiger partial charge in [0.2, 0.25) is 11.7 Å². The zero-order chi connectivity index (χ0) is 23.3. The number of nitrogens with zero attached hydrogens (tertiary/aromatic N) is 1. The molecule has 0 unspecified atom stereocenters. The van der Waals surface area contributed by atoms with Crippen LogP contribution in [0, 0.1) is 5.92 Å². The molecule has 1 aliphatic heterocycles. The quantitative estimate of drug-likeness (QED) is 0.649. The minimum Gasteiger partial charge on any atom is -0.493 e. The lowest BCUT2D eigenvalue weighted by molar-refractivity contribution is -0.124. The van der Waals surface area contributed by atoms with Crippen LogP contribution in [0.2, 0.25) is 5.02 Å². The van der Waals surface area contributed by atoms with E-state index in [-0.39, 0.29) is 17.7 Å². The largest absolute Gasteiger partial charge is 0.493 e. The highest BCUT2D eigenvalue weighted by molar-refractivity contribution is 6.33. The van der Waals surface area contributed by atoms with E-state index < -0.39 is 5.92 Å². The topological polar surface area (TPSA) is 77.1 Å². The molecule has 7 nitrogen and oxygen atoms in total. The van der Waals surface area contributed by atoms with Crippen LogP contribution >= 0.6 is 11.6 Å². The van der Waals surface area contributed by atoms with Gasteiger partial charge in [-0.05, 0) is 36.2 Å². The van der Waals surface area contributed by atoms with Gasteiger partial charge in [0.25, 0.3) is 5.91 Å². The summed E-state index contributed by atoms with van der Waals surface area (Å²) in [5, 5.41) is 3.36. The van der Waals surface area contributed by atoms with E-state index >= 15 is 0 Å². The van der Waals surface area contributed by atoms with E-state index in [0.717, 1.165) is 12.0 Å². The number of benzene rings is 2. The number of rotatable bonds is 8. The molecular formula is C24H29ClN2O5. The van der Waals surface area contributed by atoms with E-state index in [1.54, 1.807) is 50.5 Å². The van der Waals surface area contributed by atoms with Crippen LogP contribution in [0.25, 0.3) is 0 Å². The summed E-state index contributed by atoms with van der Waals surface area (Å²) in [6.07, 6.45) is 0.829. The van der Waals surface area contributed by atoms with Crippen LogP contribution in [0.4, 0.5) is 0 Å². The molecular weight excluding hydrogens is 432 g/mol. The molecule has 0 aromatic heterocycles. The highest BCUT2D eigenvalue weighted by atomic mass is 35.5. The lowest BCUT2D eigenvalue weighted by atomic mass is 9.88. The third-order valence-electron chi connectivity index (χ3n) is 5.71. The summed E-state index contributed by atoms with van der Waals surface area (Å²) in [6.45, 7) is 3.24. The fourth-order valence-corrected chi connectivity index (χ4v) is 4.29. The molecule has 0 aliphatic carbocycles. The van der Waals surface area contributed by atoms with Crippen molar-refractivity contribution in [2.75, 3.05) is 41.0 Å². The molecule has 0 saturated carbocycles. The Hall–Kier alpha value is -2.93. The number of hydrogen-bond donors (Lipinski definition) is 1. The van der Waals surface area contributed by atoms with E-state index in [2.05, 4.69) is 5.32 Å². The van der Waals surface area contributed by atoms with E-state index in [1.165, 1.54) is 0 Å². The van der Waals surface area contributed by atoms with Gasteiger partial charge in [-0.15, -0.1) is 0 Å². The number of nitrogens with one attached hydrogen (secondary N) is 1. The first-order valence-corrected chi connectivity index (χ1v) is 10.9. The van der Waals surface area contributed by atoms with Gasteiger partial charge in [0.1, 0.15) is 0 Å². The second-order valence-electron chi connectivity index (χ2n) is 7.65. The SMILES string of the molecule is CCCNC(=O)[C@@H]1CN(C(=O)c2ccccc2Cl)C[C@@H]1c1cc(OC)c(OC)c(OC)c1. The number of amides is 2. The van der Waals surface area contributed by atoms with Crippen LogP contribution < -0.4 is 19.5 Å². The number of halogens is 1. The Labute approximate surface area is 193 Å². The third kappa shape index (κ3) is 4.78. The predicted octanol–water partition coefficient (Wildman–Crippen LogP) is 3.75. The molecule has 3 rings (SSSR count). The molecule has 1 N–H and O–H groups in total. The Morgan fingerprint density at radius 2 is 1.72 bits per heavy atom. The second kappa shape index (κ2) is 10.6. The van der Waals surface area contributed by atoms with Gasteiger partial charge in [0, 0.05) is 25.6 Å². The highest BCUT2D eigenvalue weighted by Gasteiger charge is 2.41. The van der Waals surface area contributed by atoms with Gasteiger partial charge in [-0.25, -0.2) is 0 Å². The summed E-state index contributed by atoms with van der Waals surface area (Å²) in [4.78, 5) is 27.9. The average molecular weight is 461 g/mol. The van der Waals surface area contributed by atoms with Crippen molar-refractivity contribution in [2.24, 2.45) is 5.92 Å². The van der Waals surface area contributed by atoms with Crippen LogP contribution in [-0.2, 0) is 4.79 Å². The van der Waals surface area contributed by atoms with Crippen molar-refractivity contribution in [1.82, 2.24) is 10.2 Å². The number of methoxy groups -OCH3 is 3. The van der Waals surface area contributed by atoms with Crippen molar-refractivity contribution < 1.29 is 23.8 Å². The van der Waals surface area contributed by atoms with Gasteiger partial charge in [-0.2, -0.15) is 0 Å². The maximum Gasteiger partial charge on any atom is 0.255 e.